The molecule has 0 amide bonds. The van der Waals surface area contributed by atoms with Crippen LogP contribution in [0.1, 0.15) is 6.42 Å². The molecule has 17 heavy (non-hydrogen) atoms. The van der Waals surface area contributed by atoms with Crippen LogP contribution in [0.5, 0.6) is 0 Å². The smallest absolute Gasteiger partial charge is 0.0935 e. The van der Waals surface area contributed by atoms with Gasteiger partial charge in [-0.1, -0.05) is 30.3 Å². The number of halogens is 1. The van der Waals surface area contributed by atoms with Crippen molar-refractivity contribution in [2.45, 2.75) is 6.42 Å². The van der Waals surface area contributed by atoms with Crippen LogP contribution >= 0.6 is 12.4 Å². The van der Waals surface area contributed by atoms with E-state index < -0.39 is 0 Å². The zero-order valence-electron chi connectivity index (χ0n) is 9.54. The topological polar surface area (TPSA) is 16.1 Å². The van der Waals surface area contributed by atoms with Crippen molar-refractivity contribution >= 4 is 18.1 Å². The van der Waals surface area contributed by atoms with Gasteiger partial charge < -0.3 is 4.90 Å². The average molecular weight is 247 g/mol. The van der Waals surface area contributed by atoms with Crippen LogP contribution in [0, 0.1) is 0 Å². The first-order chi connectivity index (χ1) is 7.95. The van der Waals surface area contributed by atoms with Crippen LogP contribution in [-0.4, -0.2) is 18.1 Å². The van der Waals surface area contributed by atoms with Crippen molar-refractivity contribution in [2.24, 2.45) is 0 Å². The van der Waals surface area contributed by atoms with Crippen molar-refractivity contribution < 1.29 is 0 Å². The molecule has 0 unspecified atom stereocenters. The van der Waals surface area contributed by atoms with Gasteiger partial charge in [0.15, 0.2) is 0 Å². The molecule has 0 spiro atoms. The van der Waals surface area contributed by atoms with Gasteiger partial charge in [-0.25, -0.2) is 0 Å². The average Bonchev–Trinajstić information content (AvgIpc) is 2.29. The van der Waals surface area contributed by atoms with E-state index in [9.17, 15) is 0 Å². The van der Waals surface area contributed by atoms with Crippen LogP contribution in [0.3, 0.4) is 0 Å². The molecule has 0 aliphatic carbocycles. The molecule has 0 atom stereocenters. The van der Waals surface area contributed by atoms with Gasteiger partial charge in [-0.2, -0.15) is 0 Å². The molecule has 0 N–H and O–H groups in total. The Kier molecular flexibility index (Phi) is 3.64. The summed E-state index contributed by atoms with van der Waals surface area (Å²) in [7, 11) is 0. The van der Waals surface area contributed by atoms with E-state index in [1.807, 2.05) is 18.3 Å². The first-order valence-corrected chi connectivity index (χ1v) is 5.70. The van der Waals surface area contributed by atoms with Gasteiger partial charge in [0, 0.05) is 24.8 Å². The van der Waals surface area contributed by atoms with Crippen molar-refractivity contribution in [2.75, 3.05) is 18.0 Å². The quantitative estimate of drug-likeness (QED) is 0.808. The number of hydrogen-bond acceptors (Lipinski definition) is 2. The minimum Gasteiger partial charge on any atom is -0.370 e. The van der Waals surface area contributed by atoms with Gasteiger partial charge in [-0.15, -0.1) is 12.4 Å². The molecule has 1 fully saturated rings. The van der Waals surface area contributed by atoms with Crippen molar-refractivity contribution in [3.8, 4) is 11.3 Å². The summed E-state index contributed by atoms with van der Waals surface area (Å²) in [5, 5.41) is 0. The monoisotopic (exact) mass is 246 g/mol. The SMILES string of the molecule is Cl.c1ccc(-c2ncccc2N2CCC2)cc1. The van der Waals surface area contributed by atoms with Gasteiger partial charge in [0.25, 0.3) is 0 Å². The molecule has 2 aromatic rings. The third-order valence-corrected chi connectivity index (χ3v) is 3.03. The summed E-state index contributed by atoms with van der Waals surface area (Å²) in [6.07, 6.45) is 3.16. The highest BCUT2D eigenvalue weighted by molar-refractivity contribution is 5.85. The first-order valence-electron chi connectivity index (χ1n) is 5.70. The molecule has 0 radical (unpaired) electrons. The fourth-order valence-corrected chi connectivity index (χ4v) is 2.03. The van der Waals surface area contributed by atoms with E-state index in [1.165, 1.54) is 17.7 Å². The van der Waals surface area contributed by atoms with E-state index in [1.54, 1.807) is 0 Å². The maximum absolute atomic E-state index is 4.51. The molecule has 1 aromatic carbocycles. The van der Waals surface area contributed by atoms with Gasteiger partial charge in [-0.05, 0) is 18.6 Å². The summed E-state index contributed by atoms with van der Waals surface area (Å²) in [6, 6.07) is 14.6. The van der Waals surface area contributed by atoms with Crippen LogP contribution in [0.4, 0.5) is 5.69 Å². The molecule has 2 heterocycles. The molecule has 0 saturated carbocycles. The molecule has 1 saturated heterocycles. The predicted molar refractivity (Wildman–Crippen MR) is 73.8 cm³/mol. The molecule has 1 aliphatic rings. The van der Waals surface area contributed by atoms with Crippen LogP contribution in [0.25, 0.3) is 11.3 Å². The first kappa shape index (κ1) is 11.9. The summed E-state index contributed by atoms with van der Waals surface area (Å²) in [6.45, 7) is 2.32. The molecule has 2 nitrogen and oxygen atoms in total. The molecule has 1 aliphatic heterocycles. The van der Waals surface area contributed by atoms with E-state index in [0.717, 1.165) is 18.8 Å². The number of aromatic nitrogens is 1. The molecular weight excluding hydrogens is 232 g/mol. The van der Waals surface area contributed by atoms with E-state index in [0.29, 0.717) is 0 Å². The lowest BCUT2D eigenvalue weighted by molar-refractivity contribution is 0.617. The van der Waals surface area contributed by atoms with Gasteiger partial charge in [0.2, 0.25) is 0 Å². The van der Waals surface area contributed by atoms with E-state index in [-0.39, 0.29) is 12.4 Å². The van der Waals surface area contributed by atoms with Crippen LogP contribution in [0.15, 0.2) is 48.7 Å². The molecule has 3 heteroatoms. The summed E-state index contributed by atoms with van der Waals surface area (Å²) >= 11 is 0. The third-order valence-electron chi connectivity index (χ3n) is 3.03. The van der Waals surface area contributed by atoms with Crippen LogP contribution in [-0.2, 0) is 0 Å². The Hall–Kier alpha value is -1.54. The molecular formula is C14H15ClN2. The van der Waals surface area contributed by atoms with Crippen molar-refractivity contribution in [3.05, 3.63) is 48.7 Å². The Morgan fingerprint density at radius 2 is 1.71 bits per heavy atom. The van der Waals surface area contributed by atoms with E-state index in [4.69, 9.17) is 0 Å². The number of nitrogens with zero attached hydrogens (tertiary/aromatic N) is 2. The second-order valence-electron chi connectivity index (χ2n) is 4.08. The van der Waals surface area contributed by atoms with E-state index in [2.05, 4.69) is 40.2 Å². The van der Waals surface area contributed by atoms with Gasteiger partial charge in [0.05, 0.1) is 11.4 Å². The molecule has 0 bridgehead atoms. The van der Waals surface area contributed by atoms with Crippen LogP contribution < -0.4 is 4.90 Å². The standard InChI is InChI=1S/C14H14N2.ClH/c1-2-6-12(7-3-1)14-13(8-4-9-15-14)16-10-5-11-16;/h1-4,6-9H,5,10-11H2;1H. The van der Waals surface area contributed by atoms with Crippen molar-refractivity contribution in [1.82, 2.24) is 4.98 Å². The lowest BCUT2D eigenvalue weighted by Crippen LogP contribution is -2.37. The highest BCUT2D eigenvalue weighted by Gasteiger charge is 2.18. The number of anilines is 1. The Bertz CT molecular complexity index is 481. The second-order valence-corrected chi connectivity index (χ2v) is 4.08. The lowest BCUT2D eigenvalue weighted by Gasteiger charge is -2.34. The minimum absolute atomic E-state index is 0. The van der Waals surface area contributed by atoms with Gasteiger partial charge in [0.1, 0.15) is 0 Å². The fraction of sp³-hybridized carbons (Fsp3) is 0.214. The van der Waals surface area contributed by atoms with Crippen molar-refractivity contribution in [1.29, 1.82) is 0 Å². The number of benzene rings is 1. The van der Waals surface area contributed by atoms with Gasteiger partial charge >= 0.3 is 0 Å². The molecule has 88 valence electrons. The maximum atomic E-state index is 4.51. The van der Waals surface area contributed by atoms with Crippen LogP contribution in [0.2, 0.25) is 0 Å². The molecule has 3 rings (SSSR count). The molecule has 1 aromatic heterocycles. The Morgan fingerprint density at radius 1 is 0.941 bits per heavy atom. The number of pyridine rings is 1. The second kappa shape index (κ2) is 5.19. The highest BCUT2D eigenvalue weighted by atomic mass is 35.5. The summed E-state index contributed by atoms with van der Waals surface area (Å²) in [5.74, 6) is 0. The maximum Gasteiger partial charge on any atom is 0.0935 e. The summed E-state index contributed by atoms with van der Waals surface area (Å²) in [5.41, 5.74) is 3.56. The van der Waals surface area contributed by atoms with E-state index >= 15 is 0 Å². The van der Waals surface area contributed by atoms with Crippen molar-refractivity contribution in [3.63, 3.8) is 0 Å². The normalized spacial score (nSPS) is 13.8. The Morgan fingerprint density at radius 3 is 2.35 bits per heavy atom. The summed E-state index contributed by atoms with van der Waals surface area (Å²) in [4.78, 5) is 6.89. The Labute approximate surface area is 108 Å². The fourth-order valence-electron chi connectivity index (χ4n) is 2.03. The number of hydrogen-bond donors (Lipinski definition) is 0. The Balaban J connectivity index is 0.00000108. The largest absolute Gasteiger partial charge is 0.370 e. The zero-order chi connectivity index (χ0) is 10.8. The zero-order valence-corrected chi connectivity index (χ0v) is 10.4. The summed E-state index contributed by atoms with van der Waals surface area (Å²) < 4.78 is 0. The third kappa shape index (κ3) is 2.27. The predicted octanol–water partition coefficient (Wildman–Crippen LogP) is 3.38. The van der Waals surface area contributed by atoms with Gasteiger partial charge in [-0.3, -0.25) is 4.98 Å². The highest BCUT2D eigenvalue weighted by Crippen LogP contribution is 2.30. The lowest BCUT2D eigenvalue weighted by atomic mass is 10.1. The minimum atomic E-state index is 0. The number of rotatable bonds is 2.